The Labute approximate surface area is 86.4 Å². The van der Waals surface area contributed by atoms with Crippen LogP contribution in [0, 0.1) is 12.3 Å². The summed E-state index contributed by atoms with van der Waals surface area (Å²) in [4.78, 5) is 2.29. The molecule has 2 nitrogen and oxygen atoms in total. The molecule has 13 heavy (non-hydrogen) atoms. The highest BCUT2D eigenvalue weighted by atomic mass is 35.5. The van der Waals surface area contributed by atoms with Gasteiger partial charge in [-0.2, -0.15) is 0 Å². The molecular formula is C10H16ClNO. The largest absolute Gasteiger partial charge is 0.364 e. The van der Waals surface area contributed by atoms with Crippen LogP contribution in [0.15, 0.2) is 11.6 Å². The van der Waals surface area contributed by atoms with E-state index in [-0.39, 0.29) is 12.4 Å². The smallest absolute Gasteiger partial charge is 0.107 e. The van der Waals surface area contributed by atoms with Crippen LogP contribution in [0.3, 0.4) is 0 Å². The first kappa shape index (κ1) is 12.5. The van der Waals surface area contributed by atoms with Gasteiger partial charge in [-0.05, 0) is 19.0 Å². The molecule has 0 radical (unpaired) electrons. The van der Waals surface area contributed by atoms with Crippen LogP contribution >= 0.6 is 12.4 Å². The van der Waals surface area contributed by atoms with Crippen molar-refractivity contribution in [2.45, 2.75) is 6.42 Å². The molecule has 3 heteroatoms. The van der Waals surface area contributed by atoms with Crippen molar-refractivity contribution in [3.8, 4) is 12.3 Å². The van der Waals surface area contributed by atoms with Gasteiger partial charge in [-0.1, -0.05) is 12.0 Å². The van der Waals surface area contributed by atoms with Crippen molar-refractivity contribution in [3.05, 3.63) is 11.6 Å². The topological polar surface area (TPSA) is 12.5 Å². The van der Waals surface area contributed by atoms with Crippen molar-refractivity contribution in [2.24, 2.45) is 0 Å². The van der Waals surface area contributed by atoms with E-state index in [9.17, 15) is 0 Å². The average Bonchev–Trinajstić information content (AvgIpc) is 2.05. The predicted molar refractivity (Wildman–Crippen MR) is 57.1 cm³/mol. The molecule has 0 atom stereocenters. The summed E-state index contributed by atoms with van der Waals surface area (Å²) in [5.41, 5.74) is 1.35. The Kier molecular flexibility index (Phi) is 6.70. The van der Waals surface area contributed by atoms with Gasteiger partial charge in [-0.15, -0.1) is 18.8 Å². The fourth-order valence-corrected chi connectivity index (χ4v) is 1.32. The average molecular weight is 202 g/mol. The van der Waals surface area contributed by atoms with Crippen LogP contribution in [0.25, 0.3) is 0 Å². The fraction of sp³-hybridized carbons (Fsp3) is 0.600. The van der Waals surface area contributed by atoms with E-state index in [1.165, 1.54) is 5.57 Å². The van der Waals surface area contributed by atoms with Crippen LogP contribution in [0.5, 0.6) is 0 Å². The van der Waals surface area contributed by atoms with Gasteiger partial charge >= 0.3 is 0 Å². The van der Waals surface area contributed by atoms with Gasteiger partial charge in [0, 0.05) is 13.1 Å². The minimum atomic E-state index is 0. The molecule has 0 fully saturated rings. The third-order valence-electron chi connectivity index (χ3n) is 1.89. The molecule has 0 bridgehead atoms. The number of ether oxygens (including phenoxy) is 1. The number of hydrogen-bond acceptors (Lipinski definition) is 2. The van der Waals surface area contributed by atoms with Gasteiger partial charge in [-0.3, -0.25) is 0 Å². The quantitative estimate of drug-likeness (QED) is 0.388. The molecule has 1 aliphatic rings. The first-order chi connectivity index (χ1) is 5.83. The Morgan fingerprint density at radius 1 is 1.69 bits per heavy atom. The van der Waals surface area contributed by atoms with Crippen LogP contribution in [0.2, 0.25) is 0 Å². The molecule has 0 unspecified atom stereocenters. The van der Waals surface area contributed by atoms with E-state index in [4.69, 9.17) is 11.2 Å². The van der Waals surface area contributed by atoms with Crippen molar-refractivity contribution in [2.75, 3.05) is 33.4 Å². The van der Waals surface area contributed by atoms with E-state index in [1.807, 2.05) is 0 Å². The third-order valence-corrected chi connectivity index (χ3v) is 1.89. The van der Waals surface area contributed by atoms with E-state index in [0.717, 1.165) is 19.5 Å². The van der Waals surface area contributed by atoms with E-state index in [1.54, 1.807) is 0 Å². The Balaban J connectivity index is 0.00000144. The molecular weight excluding hydrogens is 186 g/mol. The molecule has 1 heterocycles. The van der Waals surface area contributed by atoms with Crippen molar-refractivity contribution in [3.63, 3.8) is 0 Å². The second-order valence-electron chi connectivity index (χ2n) is 3.09. The van der Waals surface area contributed by atoms with Crippen LogP contribution in [0.4, 0.5) is 0 Å². The van der Waals surface area contributed by atoms with Crippen molar-refractivity contribution in [1.29, 1.82) is 0 Å². The molecule has 0 amide bonds. The fourth-order valence-electron chi connectivity index (χ4n) is 1.32. The summed E-state index contributed by atoms with van der Waals surface area (Å²) in [7, 11) is 2.12. The van der Waals surface area contributed by atoms with Gasteiger partial charge in [-0.25, -0.2) is 0 Å². The molecule has 0 saturated heterocycles. The van der Waals surface area contributed by atoms with Crippen LogP contribution in [-0.2, 0) is 4.74 Å². The van der Waals surface area contributed by atoms with Gasteiger partial charge in [0.15, 0.2) is 0 Å². The molecule has 1 rings (SSSR count). The summed E-state index contributed by atoms with van der Waals surface area (Å²) in [5.74, 6) is 2.46. The Bertz CT molecular complexity index is 207. The lowest BCUT2D eigenvalue weighted by Crippen LogP contribution is -2.27. The number of halogens is 1. The minimum Gasteiger partial charge on any atom is -0.364 e. The molecule has 0 aliphatic carbocycles. The summed E-state index contributed by atoms with van der Waals surface area (Å²) in [5, 5.41) is 0. The number of likely N-dealkylation sites (N-methyl/N-ethyl adjacent to an activating group) is 1. The number of terminal acetylenes is 1. The first-order valence-electron chi connectivity index (χ1n) is 4.20. The second-order valence-corrected chi connectivity index (χ2v) is 3.09. The maximum absolute atomic E-state index is 5.24. The lowest BCUT2D eigenvalue weighted by atomic mass is 10.1. The Hall–Kier alpha value is -0.490. The molecule has 74 valence electrons. The summed E-state index contributed by atoms with van der Waals surface area (Å²) >= 11 is 0. The SMILES string of the molecule is C#CCOCC1=CCCN(C)C1.Cl. The standard InChI is InChI=1S/C10H15NO.ClH/c1-3-7-12-9-10-5-4-6-11(2)8-10;/h1,5H,4,6-9H2,2H3;1H. The Morgan fingerprint density at radius 2 is 2.46 bits per heavy atom. The van der Waals surface area contributed by atoms with E-state index < -0.39 is 0 Å². The zero-order chi connectivity index (χ0) is 8.81. The van der Waals surface area contributed by atoms with E-state index >= 15 is 0 Å². The molecule has 0 spiro atoms. The molecule has 0 aromatic heterocycles. The highest BCUT2D eigenvalue weighted by Gasteiger charge is 2.07. The molecule has 1 aliphatic heterocycles. The number of rotatable bonds is 3. The second kappa shape index (κ2) is 6.97. The molecule has 0 aromatic carbocycles. The van der Waals surface area contributed by atoms with Crippen molar-refractivity contribution in [1.82, 2.24) is 4.90 Å². The van der Waals surface area contributed by atoms with Gasteiger partial charge in [0.05, 0.1) is 6.61 Å². The lowest BCUT2D eigenvalue weighted by molar-refractivity contribution is 0.181. The minimum absolute atomic E-state index is 0. The van der Waals surface area contributed by atoms with Gasteiger partial charge in [0.1, 0.15) is 6.61 Å². The first-order valence-corrected chi connectivity index (χ1v) is 4.20. The third kappa shape index (κ3) is 4.94. The monoisotopic (exact) mass is 201 g/mol. The highest BCUT2D eigenvalue weighted by molar-refractivity contribution is 5.85. The maximum Gasteiger partial charge on any atom is 0.107 e. The predicted octanol–water partition coefficient (Wildman–Crippen LogP) is 1.32. The summed E-state index contributed by atoms with van der Waals surface area (Å²) in [6.45, 7) is 3.28. The van der Waals surface area contributed by atoms with Crippen molar-refractivity contribution < 1.29 is 4.74 Å². The van der Waals surface area contributed by atoms with Gasteiger partial charge in [0.25, 0.3) is 0 Å². The zero-order valence-corrected chi connectivity index (χ0v) is 8.77. The van der Waals surface area contributed by atoms with Gasteiger partial charge < -0.3 is 9.64 Å². The molecule has 0 aromatic rings. The summed E-state index contributed by atoms with van der Waals surface area (Å²) in [6.07, 6.45) is 8.44. The molecule has 0 N–H and O–H groups in total. The zero-order valence-electron chi connectivity index (χ0n) is 7.95. The summed E-state index contributed by atoms with van der Waals surface area (Å²) in [6, 6.07) is 0. The number of hydrogen-bond donors (Lipinski definition) is 0. The number of nitrogens with zero attached hydrogens (tertiary/aromatic N) is 1. The van der Waals surface area contributed by atoms with Crippen molar-refractivity contribution >= 4 is 12.4 Å². The highest BCUT2D eigenvalue weighted by Crippen LogP contribution is 2.07. The van der Waals surface area contributed by atoms with Crippen LogP contribution in [-0.4, -0.2) is 38.3 Å². The summed E-state index contributed by atoms with van der Waals surface area (Å²) < 4.78 is 5.24. The normalized spacial score (nSPS) is 17.1. The lowest BCUT2D eigenvalue weighted by Gasteiger charge is -2.22. The van der Waals surface area contributed by atoms with Crippen LogP contribution < -0.4 is 0 Å². The maximum atomic E-state index is 5.24. The van der Waals surface area contributed by atoms with Gasteiger partial charge in [0.2, 0.25) is 0 Å². The molecule has 0 saturated carbocycles. The Morgan fingerprint density at radius 3 is 3.08 bits per heavy atom. The van der Waals surface area contributed by atoms with E-state index in [2.05, 4.69) is 23.9 Å². The van der Waals surface area contributed by atoms with Crippen LogP contribution in [0.1, 0.15) is 6.42 Å². The van der Waals surface area contributed by atoms with E-state index in [0.29, 0.717) is 13.2 Å².